The summed E-state index contributed by atoms with van der Waals surface area (Å²) in [6, 6.07) is 10.4. The van der Waals surface area contributed by atoms with Gasteiger partial charge >= 0.3 is 0 Å². The van der Waals surface area contributed by atoms with E-state index in [9.17, 15) is 18.3 Å². The molecule has 6 nitrogen and oxygen atoms in total. The van der Waals surface area contributed by atoms with Crippen molar-refractivity contribution in [3.63, 3.8) is 0 Å². The minimum atomic E-state index is -3.61. The molecule has 1 unspecified atom stereocenters. The van der Waals surface area contributed by atoms with E-state index in [0.717, 1.165) is 5.56 Å². The maximum absolute atomic E-state index is 12.2. The molecule has 0 saturated carbocycles. The Balaban J connectivity index is 2.15. The summed E-state index contributed by atoms with van der Waals surface area (Å²) < 4.78 is 27.0. The van der Waals surface area contributed by atoms with Crippen LogP contribution in [0.25, 0.3) is 0 Å². The molecule has 0 spiro atoms. The minimum absolute atomic E-state index is 0.0229. The first-order valence-corrected chi connectivity index (χ1v) is 9.44. The molecule has 2 aromatic carbocycles. The summed E-state index contributed by atoms with van der Waals surface area (Å²) in [5.41, 5.74) is 1.46. The van der Waals surface area contributed by atoms with E-state index >= 15 is 0 Å². The Hall–Kier alpha value is -2.38. The monoisotopic (exact) mass is 362 g/mol. The lowest BCUT2D eigenvalue weighted by molar-refractivity contribution is 0.102. The van der Waals surface area contributed by atoms with E-state index in [2.05, 4.69) is 10.0 Å². The van der Waals surface area contributed by atoms with Crippen LogP contribution in [0, 0.1) is 6.92 Å². The average molecular weight is 362 g/mol. The fourth-order valence-electron chi connectivity index (χ4n) is 2.14. The van der Waals surface area contributed by atoms with Gasteiger partial charge in [-0.15, -0.1) is 0 Å². The summed E-state index contributed by atoms with van der Waals surface area (Å²) in [5.74, 6) is -0.455. The highest BCUT2D eigenvalue weighted by Crippen LogP contribution is 2.24. The number of nitrogens with one attached hydrogen (secondary N) is 2. The maximum Gasteiger partial charge on any atom is 0.255 e. The van der Waals surface area contributed by atoms with Crippen LogP contribution in [0.3, 0.4) is 0 Å². The topological polar surface area (TPSA) is 95.5 Å². The molecule has 0 heterocycles. The summed E-state index contributed by atoms with van der Waals surface area (Å²) in [5, 5.41) is 12.4. The molecule has 1 amide bonds. The van der Waals surface area contributed by atoms with Crippen molar-refractivity contribution in [1.82, 2.24) is 4.72 Å². The van der Waals surface area contributed by atoms with Crippen molar-refractivity contribution in [3.05, 3.63) is 53.6 Å². The van der Waals surface area contributed by atoms with Crippen molar-refractivity contribution >= 4 is 21.6 Å². The Morgan fingerprint density at radius 2 is 1.80 bits per heavy atom. The molecule has 134 valence electrons. The van der Waals surface area contributed by atoms with Crippen LogP contribution in [0.1, 0.15) is 36.2 Å². The summed E-state index contributed by atoms with van der Waals surface area (Å²) in [6.45, 7) is 5.51. The molecule has 0 fully saturated rings. The number of sulfonamides is 1. The van der Waals surface area contributed by atoms with Gasteiger partial charge in [-0.25, -0.2) is 13.1 Å². The molecule has 2 rings (SSSR count). The van der Waals surface area contributed by atoms with E-state index in [1.54, 1.807) is 25.1 Å². The number of hydrogen-bond donors (Lipinski definition) is 3. The Morgan fingerprint density at radius 3 is 2.36 bits per heavy atom. The lowest BCUT2D eigenvalue weighted by Gasteiger charge is -2.12. The number of aryl methyl sites for hydroxylation is 1. The lowest BCUT2D eigenvalue weighted by Crippen LogP contribution is -2.32. The fraction of sp³-hybridized carbons (Fsp3) is 0.278. The Bertz CT molecular complexity index is 861. The van der Waals surface area contributed by atoms with Gasteiger partial charge in [0.2, 0.25) is 10.0 Å². The highest BCUT2D eigenvalue weighted by Gasteiger charge is 2.17. The number of benzene rings is 2. The van der Waals surface area contributed by atoms with Crippen molar-refractivity contribution in [3.8, 4) is 5.75 Å². The van der Waals surface area contributed by atoms with Crippen LogP contribution in [0.5, 0.6) is 5.75 Å². The number of anilines is 1. The average Bonchev–Trinajstić information content (AvgIpc) is 2.57. The van der Waals surface area contributed by atoms with Crippen LogP contribution in [0.4, 0.5) is 5.69 Å². The number of aromatic hydroxyl groups is 1. The van der Waals surface area contributed by atoms with Gasteiger partial charge in [0.15, 0.2) is 0 Å². The van der Waals surface area contributed by atoms with Crippen LogP contribution >= 0.6 is 0 Å². The molecule has 25 heavy (non-hydrogen) atoms. The Morgan fingerprint density at radius 1 is 1.16 bits per heavy atom. The SMILES string of the molecule is CCC(C)NS(=O)(=O)c1ccc(C(=O)Nc2ccc(C)cc2O)cc1. The number of carbonyl (C=O) groups excluding carboxylic acids is 1. The highest BCUT2D eigenvalue weighted by molar-refractivity contribution is 7.89. The van der Waals surface area contributed by atoms with Gasteiger partial charge in [0.05, 0.1) is 10.6 Å². The smallest absolute Gasteiger partial charge is 0.255 e. The van der Waals surface area contributed by atoms with Crippen molar-refractivity contribution in [2.45, 2.75) is 38.1 Å². The van der Waals surface area contributed by atoms with Gasteiger partial charge in [0, 0.05) is 11.6 Å². The largest absolute Gasteiger partial charge is 0.506 e. The quantitative estimate of drug-likeness (QED) is 0.688. The second-order valence-corrected chi connectivity index (χ2v) is 7.64. The third-order valence-corrected chi connectivity index (χ3v) is 5.40. The Kier molecular flexibility index (Phi) is 5.81. The number of carbonyl (C=O) groups is 1. The molecule has 0 aliphatic rings. The lowest BCUT2D eigenvalue weighted by atomic mass is 10.2. The van der Waals surface area contributed by atoms with Crippen LogP contribution < -0.4 is 10.0 Å². The molecule has 0 radical (unpaired) electrons. The second-order valence-electron chi connectivity index (χ2n) is 5.93. The van der Waals surface area contributed by atoms with Gasteiger partial charge < -0.3 is 10.4 Å². The third-order valence-electron chi connectivity index (χ3n) is 3.80. The van der Waals surface area contributed by atoms with E-state index in [4.69, 9.17) is 0 Å². The number of phenols is 1. The molecule has 2 aromatic rings. The van der Waals surface area contributed by atoms with E-state index in [-0.39, 0.29) is 16.7 Å². The van der Waals surface area contributed by atoms with Crippen LogP contribution in [-0.4, -0.2) is 25.5 Å². The van der Waals surface area contributed by atoms with Crippen molar-refractivity contribution in [2.75, 3.05) is 5.32 Å². The standard InChI is InChI=1S/C18H22N2O4S/c1-4-13(3)20-25(23,24)15-8-6-14(7-9-15)18(22)19-16-10-5-12(2)11-17(16)21/h5-11,13,20-21H,4H2,1-3H3,(H,19,22). The van der Waals surface area contributed by atoms with Crippen molar-refractivity contribution in [2.24, 2.45) is 0 Å². The van der Waals surface area contributed by atoms with Gasteiger partial charge in [0.25, 0.3) is 5.91 Å². The summed E-state index contributed by atoms with van der Waals surface area (Å²) in [7, 11) is -3.61. The summed E-state index contributed by atoms with van der Waals surface area (Å²) >= 11 is 0. The minimum Gasteiger partial charge on any atom is -0.506 e. The fourth-order valence-corrected chi connectivity index (χ4v) is 3.47. The molecule has 1 atom stereocenters. The molecular weight excluding hydrogens is 340 g/mol. The number of hydrogen-bond acceptors (Lipinski definition) is 4. The summed E-state index contributed by atoms with van der Waals surface area (Å²) in [6.07, 6.45) is 0.680. The number of rotatable bonds is 6. The second kappa shape index (κ2) is 7.67. The molecule has 0 aromatic heterocycles. The maximum atomic E-state index is 12.2. The van der Waals surface area contributed by atoms with Gasteiger partial charge in [-0.3, -0.25) is 4.79 Å². The number of amides is 1. The van der Waals surface area contributed by atoms with Crippen molar-refractivity contribution in [1.29, 1.82) is 0 Å². The molecule has 3 N–H and O–H groups in total. The Labute approximate surface area is 147 Å². The molecule has 0 aliphatic carbocycles. The predicted molar refractivity (Wildman–Crippen MR) is 97.3 cm³/mol. The van der Waals surface area contributed by atoms with Gasteiger partial charge in [-0.2, -0.15) is 0 Å². The van der Waals surface area contributed by atoms with Crippen LogP contribution in [0.2, 0.25) is 0 Å². The molecule has 7 heteroatoms. The third kappa shape index (κ3) is 4.80. The van der Waals surface area contributed by atoms with Gasteiger partial charge in [-0.1, -0.05) is 13.0 Å². The zero-order valence-electron chi connectivity index (χ0n) is 14.4. The van der Waals surface area contributed by atoms with Crippen LogP contribution in [0.15, 0.2) is 47.4 Å². The van der Waals surface area contributed by atoms with E-state index in [1.807, 2.05) is 13.8 Å². The van der Waals surface area contributed by atoms with Crippen molar-refractivity contribution < 1.29 is 18.3 Å². The van der Waals surface area contributed by atoms with Crippen LogP contribution in [-0.2, 0) is 10.0 Å². The van der Waals surface area contributed by atoms with Gasteiger partial charge in [0.1, 0.15) is 5.75 Å². The molecule has 0 saturated heterocycles. The predicted octanol–water partition coefficient (Wildman–Crippen LogP) is 3.03. The van der Waals surface area contributed by atoms with Gasteiger partial charge in [-0.05, 0) is 62.2 Å². The zero-order valence-corrected chi connectivity index (χ0v) is 15.2. The number of phenolic OH excluding ortho intramolecular Hbond substituents is 1. The molecule has 0 aliphatic heterocycles. The first-order valence-electron chi connectivity index (χ1n) is 7.96. The highest BCUT2D eigenvalue weighted by atomic mass is 32.2. The summed E-state index contributed by atoms with van der Waals surface area (Å²) in [4.78, 5) is 12.3. The molecule has 0 bridgehead atoms. The van der Waals surface area contributed by atoms with E-state index in [0.29, 0.717) is 17.7 Å². The first kappa shape index (κ1) is 19.0. The zero-order chi connectivity index (χ0) is 18.6. The first-order chi connectivity index (χ1) is 11.7. The van der Waals surface area contributed by atoms with E-state index < -0.39 is 15.9 Å². The normalized spacial score (nSPS) is 12.6. The van der Waals surface area contributed by atoms with E-state index in [1.165, 1.54) is 24.3 Å². The molecular formula is C18H22N2O4S.